The van der Waals surface area contributed by atoms with Crippen molar-refractivity contribution in [3.05, 3.63) is 58.8 Å². The van der Waals surface area contributed by atoms with Gasteiger partial charge in [0.2, 0.25) is 5.91 Å². The molecule has 24 heavy (non-hydrogen) atoms. The van der Waals surface area contributed by atoms with Crippen LogP contribution >= 0.6 is 11.6 Å². The molecule has 0 aliphatic carbocycles. The van der Waals surface area contributed by atoms with Gasteiger partial charge in [-0.05, 0) is 24.3 Å². The Morgan fingerprint density at radius 1 is 1.38 bits per heavy atom. The number of hydrogen-bond donors (Lipinski definition) is 0. The second-order valence-corrected chi connectivity index (χ2v) is 5.97. The van der Waals surface area contributed by atoms with E-state index in [4.69, 9.17) is 20.8 Å². The number of furan rings is 1. The first-order valence-electron chi connectivity index (χ1n) is 7.44. The standard InChI is InChI=1S/C17H15ClFNO4/c18-14-4-1-5-15(19)13(14)10-24-17(22)11-7-16(21)20(8-11)9-12-3-2-6-23-12/h1-6,11H,7-10H2/t11-/m1/s1. The SMILES string of the molecule is O=C(OCc1c(F)cccc1Cl)[C@@H]1CC(=O)N(Cc2ccco2)C1. The normalized spacial score (nSPS) is 17.3. The molecule has 7 heteroatoms. The summed E-state index contributed by atoms with van der Waals surface area (Å²) in [4.78, 5) is 25.7. The lowest BCUT2D eigenvalue weighted by molar-refractivity contribution is -0.149. The first-order chi connectivity index (χ1) is 11.5. The summed E-state index contributed by atoms with van der Waals surface area (Å²) < 4.78 is 24.0. The van der Waals surface area contributed by atoms with Crippen molar-refractivity contribution in [1.82, 2.24) is 4.90 Å². The first-order valence-corrected chi connectivity index (χ1v) is 7.82. The predicted octanol–water partition coefficient (Wildman–Crippen LogP) is 3.16. The molecule has 0 spiro atoms. The second kappa shape index (κ2) is 7.05. The minimum absolute atomic E-state index is 0.0740. The molecule has 1 aromatic heterocycles. The van der Waals surface area contributed by atoms with E-state index in [2.05, 4.69) is 0 Å². The molecule has 1 aliphatic heterocycles. The highest BCUT2D eigenvalue weighted by molar-refractivity contribution is 6.31. The lowest BCUT2D eigenvalue weighted by Gasteiger charge is -2.15. The van der Waals surface area contributed by atoms with Crippen molar-refractivity contribution in [1.29, 1.82) is 0 Å². The molecule has 3 rings (SSSR count). The molecule has 5 nitrogen and oxygen atoms in total. The minimum Gasteiger partial charge on any atom is -0.467 e. The van der Waals surface area contributed by atoms with E-state index in [0.717, 1.165) is 0 Å². The van der Waals surface area contributed by atoms with Crippen LogP contribution in [0, 0.1) is 11.7 Å². The zero-order valence-corrected chi connectivity index (χ0v) is 13.5. The minimum atomic E-state index is -0.571. The fourth-order valence-electron chi connectivity index (χ4n) is 2.60. The quantitative estimate of drug-likeness (QED) is 0.776. The van der Waals surface area contributed by atoms with Crippen molar-refractivity contribution in [3.63, 3.8) is 0 Å². The second-order valence-electron chi connectivity index (χ2n) is 5.56. The predicted molar refractivity (Wildman–Crippen MR) is 83.4 cm³/mol. The number of halogens is 2. The van der Waals surface area contributed by atoms with Gasteiger partial charge in [-0.15, -0.1) is 0 Å². The molecule has 1 saturated heterocycles. The maximum Gasteiger partial charge on any atom is 0.311 e. The summed E-state index contributed by atoms with van der Waals surface area (Å²) in [6.45, 7) is 0.311. The van der Waals surface area contributed by atoms with Crippen molar-refractivity contribution in [2.24, 2.45) is 5.92 Å². The lowest BCUT2D eigenvalue weighted by atomic mass is 10.1. The van der Waals surface area contributed by atoms with E-state index in [0.29, 0.717) is 12.3 Å². The van der Waals surface area contributed by atoms with Crippen LogP contribution in [-0.2, 0) is 27.5 Å². The highest BCUT2D eigenvalue weighted by Crippen LogP contribution is 2.24. The van der Waals surface area contributed by atoms with E-state index in [9.17, 15) is 14.0 Å². The number of hydrogen-bond acceptors (Lipinski definition) is 4. The molecule has 0 bridgehead atoms. The number of likely N-dealkylation sites (tertiary alicyclic amines) is 1. The molecule has 126 valence electrons. The van der Waals surface area contributed by atoms with Crippen LogP contribution in [0.4, 0.5) is 4.39 Å². The number of rotatable bonds is 5. The van der Waals surface area contributed by atoms with Crippen molar-refractivity contribution >= 4 is 23.5 Å². The van der Waals surface area contributed by atoms with Crippen LogP contribution in [0.15, 0.2) is 41.0 Å². The summed E-state index contributed by atoms with van der Waals surface area (Å²) in [5.41, 5.74) is 0.129. The Hall–Kier alpha value is -2.34. The molecule has 0 saturated carbocycles. The fourth-order valence-corrected chi connectivity index (χ4v) is 2.82. The van der Waals surface area contributed by atoms with E-state index >= 15 is 0 Å². The van der Waals surface area contributed by atoms with Gasteiger partial charge in [-0.3, -0.25) is 9.59 Å². The number of benzene rings is 1. The molecule has 1 aromatic carbocycles. The lowest BCUT2D eigenvalue weighted by Crippen LogP contribution is -2.26. The highest BCUT2D eigenvalue weighted by Gasteiger charge is 2.35. The van der Waals surface area contributed by atoms with Crippen molar-refractivity contribution in [2.75, 3.05) is 6.54 Å². The number of carbonyl (C=O) groups excluding carboxylic acids is 2. The Kier molecular flexibility index (Phi) is 4.85. The maximum atomic E-state index is 13.7. The third-order valence-electron chi connectivity index (χ3n) is 3.90. The zero-order chi connectivity index (χ0) is 17.1. The smallest absolute Gasteiger partial charge is 0.311 e. The number of esters is 1. The largest absolute Gasteiger partial charge is 0.467 e. The van der Waals surface area contributed by atoms with Crippen LogP contribution in [0.25, 0.3) is 0 Å². The Labute approximate surface area is 142 Å². The number of nitrogens with zero attached hydrogens (tertiary/aromatic N) is 1. The molecule has 1 aliphatic rings. The van der Waals surface area contributed by atoms with E-state index in [1.807, 2.05) is 0 Å². The molecule has 0 N–H and O–H groups in total. The number of carbonyl (C=O) groups is 2. The maximum absolute atomic E-state index is 13.7. The fraction of sp³-hybridized carbons (Fsp3) is 0.294. The van der Waals surface area contributed by atoms with Crippen LogP contribution < -0.4 is 0 Å². The van der Waals surface area contributed by atoms with E-state index in [1.54, 1.807) is 17.0 Å². The van der Waals surface area contributed by atoms with Gasteiger partial charge in [0.15, 0.2) is 0 Å². The van der Waals surface area contributed by atoms with Gasteiger partial charge in [0, 0.05) is 18.5 Å². The Balaban J connectivity index is 1.57. The Morgan fingerprint density at radius 3 is 2.92 bits per heavy atom. The topological polar surface area (TPSA) is 59.8 Å². The average molecular weight is 352 g/mol. The molecule has 2 heterocycles. The van der Waals surface area contributed by atoms with Crippen LogP contribution in [0.5, 0.6) is 0 Å². The van der Waals surface area contributed by atoms with Gasteiger partial charge in [-0.2, -0.15) is 0 Å². The third kappa shape index (κ3) is 3.59. The van der Waals surface area contributed by atoms with Crippen LogP contribution in [0.1, 0.15) is 17.7 Å². The highest BCUT2D eigenvalue weighted by atomic mass is 35.5. The van der Waals surface area contributed by atoms with Gasteiger partial charge >= 0.3 is 5.97 Å². The summed E-state index contributed by atoms with van der Waals surface area (Å²) in [7, 11) is 0. The molecular formula is C17H15ClFNO4. The molecule has 0 radical (unpaired) electrons. The summed E-state index contributed by atoms with van der Waals surface area (Å²) >= 11 is 5.89. The summed E-state index contributed by atoms with van der Waals surface area (Å²) in [5, 5.41) is 0.199. The van der Waals surface area contributed by atoms with Crippen LogP contribution in [-0.4, -0.2) is 23.3 Å². The molecule has 0 unspecified atom stereocenters. The Morgan fingerprint density at radius 2 is 2.21 bits per heavy atom. The molecule has 1 amide bonds. The molecule has 2 aromatic rings. The zero-order valence-electron chi connectivity index (χ0n) is 12.7. The van der Waals surface area contributed by atoms with Gasteiger partial charge in [0.05, 0.1) is 23.7 Å². The van der Waals surface area contributed by atoms with Crippen molar-refractivity contribution < 1.29 is 23.1 Å². The molecule has 1 atom stereocenters. The van der Waals surface area contributed by atoms with Gasteiger partial charge in [0.1, 0.15) is 18.2 Å². The van der Waals surface area contributed by atoms with E-state index in [1.165, 1.54) is 24.5 Å². The van der Waals surface area contributed by atoms with Gasteiger partial charge in [-0.1, -0.05) is 17.7 Å². The van der Waals surface area contributed by atoms with Crippen molar-refractivity contribution in [3.8, 4) is 0 Å². The van der Waals surface area contributed by atoms with Crippen LogP contribution in [0.2, 0.25) is 5.02 Å². The third-order valence-corrected chi connectivity index (χ3v) is 4.25. The summed E-state index contributed by atoms with van der Waals surface area (Å²) in [6, 6.07) is 7.75. The van der Waals surface area contributed by atoms with E-state index in [-0.39, 0.29) is 36.1 Å². The number of amides is 1. The van der Waals surface area contributed by atoms with Gasteiger partial charge < -0.3 is 14.1 Å². The molecule has 1 fully saturated rings. The number of ether oxygens (including phenoxy) is 1. The van der Waals surface area contributed by atoms with Crippen molar-refractivity contribution in [2.45, 2.75) is 19.6 Å². The van der Waals surface area contributed by atoms with Crippen LogP contribution in [0.3, 0.4) is 0 Å². The average Bonchev–Trinajstić information content (AvgIpc) is 3.17. The monoisotopic (exact) mass is 351 g/mol. The Bertz CT molecular complexity index is 727. The van der Waals surface area contributed by atoms with Gasteiger partial charge in [-0.25, -0.2) is 4.39 Å². The summed E-state index contributed by atoms with van der Waals surface area (Å²) in [5.74, 6) is -1.13. The summed E-state index contributed by atoms with van der Waals surface area (Å²) in [6.07, 6.45) is 1.60. The van der Waals surface area contributed by atoms with E-state index < -0.39 is 17.7 Å². The first kappa shape index (κ1) is 16.5. The molecular weight excluding hydrogens is 337 g/mol. The van der Waals surface area contributed by atoms with Gasteiger partial charge in [0.25, 0.3) is 0 Å².